The number of para-hydroxylation sites is 1. The van der Waals surface area contributed by atoms with Gasteiger partial charge in [0.15, 0.2) is 0 Å². The molecule has 78 valence electrons. The van der Waals surface area contributed by atoms with Crippen molar-refractivity contribution in [2.75, 3.05) is 0 Å². The van der Waals surface area contributed by atoms with Gasteiger partial charge in [-0.05, 0) is 25.0 Å². The third-order valence-electron chi connectivity index (χ3n) is 2.83. The number of carbonyl (C=O) groups is 1. The number of rotatable bonds is 3. The maximum atomic E-state index is 10.6. The van der Waals surface area contributed by atoms with Crippen LogP contribution in [0.4, 0.5) is 0 Å². The van der Waals surface area contributed by atoms with Gasteiger partial charge in [0.1, 0.15) is 6.29 Å². The van der Waals surface area contributed by atoms with Crippen molar-refractivity contribution in [3.8, 4) is 0 Å². The Labute approximate surface area is 89.5 Å². The molecule has 15 heavy (non-hydrogen) atoms. The van der Waals surface area contributed by atoms with Crippen LogP contribution in [0.3, 0.4) is 0 Å². The van der Waals surface area contributed by atoms with Gasteiger partial charge in [0.25, 0.3) is 0 Å². The van der Waals surface area contributed by atoms with Crippen molar-refractivity contribution in [3.05, 3.63) is 35.5 Å². The predicted octanol–water partition coefficient (Wildman–Crippen LogP) is 2.71. The highest BCUT2D eigenvalue weighted by Gasteiger charge is 2.07. The summed E-state index contributed by atoms with van der Waals surface area (Å²) >= 11 is 0. The monoisotopic (exact) mass is 201 g/mol. The Morgan fingerprint density at radius 3 is 2.87 bits per heavy atom. The Hall–Kier alpha value is -1.57. The lowest BCUT2D eigenvalue weighted by atomic mass is 10.1. The van der Waals surface area contributed by atoms with Gasteiger partial charge in [-0.1, -0.05) is 18.2 Å². The molecule has 1 heterocycles. The predicted molar refractivity (Wildman–Crippen MR) is 62.1 cm³/mol. The van der Waals surface area contributed by atoms with Gasteiger partial charge >= 0.3 is 0 Å². The van der Waals surface area contributed by atoms with Crippen LogP contribution >= 0.6 is 0 Å². The molecule has 0 bridgehead atoms. The molecular formula is C13H15NO. The molecule has 1 aromatic carbocycles. The Bertz CT molecular complexity index is 496. The van der Waals surface area contributed by atoms with E-state index >= 15 is 0 Å². The highest BCUT2D eigenvalue weighted by atomic mass is 16.1. The first-order valence-electron chi connectivity index (χ1n) is 5.29. The Morgan fingerprint density at radius 1 is 1.40 bits per heavy atom. The van der Waals surface area contributed by atoms with Crippen molar-refractivity contribution in [3.63, 3.8) is 0 Å². The van der Waals surface area contributed by atoms with Crippen LogP contribution in [0, 0.1) is 6.92 Å². The summed E-state index contributed by atoms with van der Waals surface area (Å²) < 4.78 is 2.21. The summed E-state index contributed by atoms with van der Waals surface area (Å²) in [5, 5.41) is 1.26. The molecule has 2 aromatic rings. The average Bonchev–Trinajstić information content (AvgIpc) is 2.58. The first-order valence-corrected chi connectivity index (χ1v) is 5.29. The minimum atomic E-state index is 0.501. The largest absolute Gasteiger partial charge is 0.347 e. The van der Waals surface area contributed by atoms with E-state index in [1.54, 1.807) is 0 Å². The van der Waals surface area contributed by atoms with Crippen molar-refractivity contribution in [2.24, 2.45) is 0 Å². The second-order valence-corrected chi connectivity index (χ2v) is 3.78. The molecule has 2 nitrogen and oxygen atoms in total. The molecule has 0 fully saturated rings. The quantitative estimate of drug-likeness (QED) is 0.700. The Morgan fingerprint density at radius 2 is 2.20 bits per heavy atom. The van der Waals surface area contributed by atoms with Gasteiger partial charge in [-0.3, -0.25) is 0 Å². The smallest absolute Gasteiger partial charge is 0.124 e. The minimum absolute atomic E-state index is 0.501. The molecule has 0 N–H and O–H groups in total. The van der Waals surface area contributed by atoms with E-state index in [-0.39, 0.29) is 0 Å². The summed E-state index contributed by atoms with van der Waals surface area (Å²) in [6, 6.07) is 6.17. The van der Waals surface area contributed by atoms with Gasteiger partial charge in [-0.15, -0.1) is 0 Å². The second-order valence-electron chi connectivity index (χ2n) is 3.78. The summed E-state index contributed by atoms with van der Waals surface area (Å²) in [6.45, 7) is 5.18. The lowest BCUT2D eigenvalue weighted by molar-refractivity contribution is -0.107. The van der Waals surface area contributed by atoms with Gasteiger partial charge in [0, 0.05) is 24.5 Å². The number of hydrogen-bond donors (Lipinski definition) is 0. The zero-order valence-electron chi connectivity index (χ0n) is 9.16. The molecule has 0 aliphatic heterocycles. The average molecular weight is 201 g/mol. The third-order valence-corrected chi connectivity index (χ3v) is 2.83. The number of nitrogens with zero attached hydrogens (tertiary/aromatic N) is 1. The molecule has 0 unspecified atom stereocenters. The highest BCUT2D eigenvalue weighted by Crippen LogP contribution is 2.24. The summed E-state index contributed by atoms with van der Waals surface area (Å²) in [5.41, 5.74) is 3.61. The van der Waals surface area contributed by atoms with Gasteiger partial charge in [0.05, 0.1) is 5.52 Å². The molecule has 0 spiro atoms. The van der Waals surface area contributed by atoms with Crippen molar-refractivity contribution in [2.45, 2.75) is 26.8 Å². The lowest BCUT2D eigenvalue weighted by Gasteiger charge is -2.04. The minimum Gasteiger partial charge on any atom is -0.347 e. The molecule has 2 heteroatoms. The zero-order chi connectivity index (χ0) is 10.8. The van der Waals surface area contributed by atoms with Crippen LogP contribution in [0.15, 0.2) is 24.4 Å². The van der Waals surface area contributed by atoms with Gasteiger partial charge in [-0.25, -0.2) is 0 Å². The van der Waals surface area contributed by atoms with Crippen molar-refractivity contribution in [1.82, 2.24) is 4.57 Å². The molecule has 0 saturated carbocycles. The van der Waals surface area contributed by atoms with Crippen molar-refractivity contribution < 1.29 is 4.79 Å². The van der Waals surface area contributed by atoms with Crippen LogP contribution in [0.1, 0.15) is 18.1 Å². The number of fused-ring (bicyclic) bond motifs is 1. The molecule has 1 aromatic heterocycles. The van der Waals surface area contributed by atoms with E-state index in [4.69, 9.17) is 0 Å². The fourth-order valence-corrected chi connectivity index (χ4v) is 2.12. The van der Waals surface area contributed by atoms with Crippen LogP contribution in [-0.2, 0) is 17.8 Å². The first-order chi connectivity index (χ1) is 7.27. The van der Waals surface area contributed by atoms with E-state index in [9.17, 15) is 4.79 Å². The van der Waals surface area contributed by atoms with Crippen LogP contribution < -0.4 is 0 Å². The summed E-state index contributed by atoms with van der Waals surface area (Å²) in [5.74, 6) is 0. The first kappa shape index (κ1) is 9.97. The van der Waals surface area contributed by atoms with Crippen molar-refractivity contribution >= 4 is 17.2 Å². The van der Waals surface area contributed by atoms with E-state index in [1.165, 1.54) is 16.5 Å². The molecule has 0 amide bonds. The SMILES string of the molecule is CCn1cc(C)c2cccc(CC=O)c21. The lowest BCUT2D eigenvalue weighted by Crippen LogP contribution is -1.96. The van der Waals surface area contributed by atoms with Crippen molar-refractivity contribution in [1.29, 1.82) is 0 Å². The molecular weight excluding hydrogens is 186 g/mol. The second kappa shape index (κ2) is 3.89. The van der Waals surface area contributed by atoms with Crippen LogP contribution in [0.5, 0.6) is 0 Å². The van der Waals surface area contributed by atoms with Gasteiger partial charge < -0.3 is 9.36 Å². The van der Waals surface area contributed by atoms with Gasteiger partial charge in [-0.2, -0.15) is 0 Å². The molecule has 0 aliphatic carbocycles. The van der Waals surface area contributed by atoms with E-state index < -0.39 is 0 Å². The number of hydrogen-bond acceptors (Lipinski definition) is 1. The molecule has 0 saturated heterocycles. The fourth-order valence-electron chi connectivity index (χ4n) is 2.12. The Kier molecular flexibility index (Phi) is 2.58. The third kappa shape index (κ3) is 1.56. The maximum Gasteiger partial charge on any atom is 0.124 e. The van der Waals surface area contributed by atoms with E-state index in [0.29, 0.717) is 6.42 Å². The number of aryl methyl sites for hydroxylation is 2. The number of aromatic nitrogens is 1. The fraction of sp³-hybridized carbons (Fsp3) is 0.308. The van der Waals surface area contributed by atoms with Crippen LogP contribution in [0.2, 0.25) is 0 Å². The van der Waals surface area contributed by atoms with Crippen LogP contribution in [0.25, 0.3) is 10.9 Å². The van der Waals surface area contributed by atoms with Gasteiger partial charge in [0.2, 0.25) is 0 Å². The van der Waals surface area contributed by atoms with Crippen LogP contribution in [-0.4, -0.2) is 10.9 Å². The number of aldehydes is 1. The standard InChI is InChI=1S/C13H15NO/c1-3-14-9-10(2)12-6-4-5-11(7-8-15)13(12)14/h4-6,8-9H,3,7H2,1-2H3. The number of carbonyl (C=O) groups excluding carboxylic acids is 1. The van der Waals surface area contributed by atoms with E-state index in [2.05, 4.69) is 30.7 Å². The normalized spacial score (nSPS) is 10.8. The molecule has 0 aliphatic rings. The summed E-state index contributed by atoms with van der Waals surface area (Å²) in [6.07, 6.45) is 3.62. The van der Waals surface area contributed by atoms with E-state index in [0.717, 1.165) is 18.4 Å². The summed E-state index contributed by atoms with van der Waals surface area (Å²) in [7, 11) is 0. The molecule has 2 rings (SSSR count). The van der Waals surface area contributed by atoms with E-state index in [1.807, 2.05) is 12.1 Å². The zero-order valence-corrected chi connectivity index (χ0v) is 9.16. The highest BCUT2D eigenvalue weighted by molar-refractivity contribution is 5.88. The maximum absolute atomic E-state index is 10.6. The number of benzene rings is 1. The Balaban J connectivity index is 2.75. The summed E-state index contributed by atoms with van der Waals surface area (Å²) in [4.78, 5) is 10.6. The molecule has 0 atom stereocenters. The topological polar surface area (TPSA) is 22.0 Å². The molecule has 0 radical (unpaired) electrons.